The van der Waals surface area contributed by atoms with E-state index in [0.717, 1.165) is 0 Å². The van der Waals surface area contributed by atoms with E-state index in [2.05, 4.69) is 5.32 Å². The Hall–Kier alpha value is -1.26. The molecule has 0 aromatic carbocycles. The van der Waals surface area contributed by atoms with Gasteiger partial charge in [0.15, 0.2) is 0 Å². The molecule has 0 saturated heterocycles. The van der Waals surface area contributed by atoms with Crippen LogP contribution < -0.4 is 5.32 Å². The number of carboxylic acid groups (broad SMARTS) is 1. The molecule has 0 aromatic rings. The Kier molecular flexibility index (Phi) is 4.59. The molecule has 1 unspecified atom stereocenters. The van der Waals surface area contributed by atoms with Crippen molar-refractivity contribution in [2.75, 3.05) is 6.54 Å². The number of aliphatic carboxylic acids is 1. The van der Waals surface area contributed by atoms with Gasteiger partial charge in [-0.3, -0.25) is 4.79 Å². The minimum atomic E-state index is -0.882. The third-order valence-corrected chi connectivity index (χ3v) is 3.28. The number of carboxylic acids is 1. The Labute approximate surface area is 109 Å². The largest absolute Gasteiger partial charge is 0.481 e. The van der Waals surface area contributed by atoms with Crippen LogP contribution in [0, 0.1) is 5.92 Å². The van der Waals surface area contributed by atoms with Gasteiger partial charge in [-0.2, -0.15) is 0 Å². The molecule has 0 aromatic heterocycles. The van der Waals surface area contributed by atoms with Gasteiger partial charge < -0.3 is 15.3 Å². The van der Waals surface area contributed by atoms with Crippen molar-refractivity contribution < 1.29 is 14.7 Å². The van der Waals surface area contributed by atoms with Crippen molar-refractivity contribution in [1.82, 2.24) is 10.2 Å². The van der Waals surface area contributed by atoms with Crippen LogP contribution in [0.5, 0.6) is 0 Å². The van der Waals surface area contributed by atoms with E-state index in [4.69, 9.17) is 5.11 Å². The van der Waals surface area contributed by atoms with Crippen LogP contribution >= 0.6 is 0 Å². The molecule has 0 heterocycles. The fourth-order valence-corrected chi connectivity index (χ4v) is 1.94. The highest BCUT2D eigenvalue weighted by molar-refractivity contribution is 5.76. The molecule has 1 rings (SSSR count). The Morgan fingerprint density at radius 3 is 2.33 bits per heavy atom. The van der Waals surface area contributed by atoms with Gasteiger partial charge in [-0.25, -0.2) is 4.79 Å². The van der Waals surface area contributed by atoms with E-state index in [1.165, 1.54) is 12.8 Å². The van der Waals surface area contributed by atoms with Gasteiger partial charge in [-0.05, 0) is 46.5 Å². The average molecular weight is 256 g/mol. The van der Waals surface area contributed by atoms with E-state index < -0.39 is 5.97 Å². The topological polar surface area (TPSA) is 69.6 Å². The maximum Gasteiger partial charge on any atom is 0.318 e. The van der Waals surface area contributed by atoms with E-state index in [0.29, 0.717) is 5.92 Å². The molecule has 1 fully saturated rings. The number of carbonyl (C=O) groups excluding carboxylic acids is 1. The fraction of sp³-hybridized carbons (Fsp3) is 0.846. The second-order valence-electron chi connectivity index (χ2n) is 6.04. The summed E-state index contributed by atoms with van der Waals surface area (Å²) >= 11 is 0. The number of amides is 2. The molecule has 0 bridgehead atoms. The second-order valence-corrected chi connectivity index (χ2v) is 6.04. The highest BCUT2D eigenvalue weighted by atomic mass is 16.4. The molecule has 0 radical (unpaired) electrons. The summed E-state index contributed by atoms with van der Waals surface area (Å²) in [5.41, 5.74) is -0.372. The predicted molar refractivity (Wildman–Crippen MR) is 69.4 cm³/mol. The van der Waals surface area contributed by atoms with Crippen LogP contribution in [0.1, 0.15) is 47.0 Å². The van der Waals surface area contributed by atoms with Crippen molar-refractivity contribution in [1.29, 1.82) is 0 Å². The zero-order valence-electron chi connectivity index (χ0n) is 11.7. The highest BCUT2D eigenvalue weighted by Crippen LogP contribution is 2.32. The maximum absolute atomic E-state index is 12.2. The lowest BCUT2D eigenvalue weighted by Gasteiger charge is -2.36. The van der Waals surface area contributed by atoms with Crippen LogP contribution in [0.2, 0.25) is 0 Å². The van der Waals surface area contributed by atoms with E-state index in [1.807, 2.05) is 27.7 Å². The summed E-state index contributed by atoms with van der Waals surface area (Å²) in [4.78, 5) is 24.4. The molecule has 1 aliphatic carbocycles. The van der Waals surface area contributed by atoms with Gasteiger partial charge in [0.2, 0.25) is 0 Å². The van der Waals surface area contributed by atoms with E-state index in [1.54, 1.807) is 4.90 Å². The molecule has 1 atom stereocenters. The zero-order chi connectivity index (χ0) is 13.9. The van der Waals surface area contributed by atoms with Crippen molar-refractivity contribution in [2.45, 2.75) is 58.5 Å². The maximum atomic E-state index is 12.2. The Morgan fingerprint density at radius 1 is 1.39 bits per heavy atom. The number of nitrogens with one attached hydrogen (secondary N) is 1. The lowest BCUT2D eigenvalue weighted by Crippen LogP contribution is -2.53. The van der Waals surface area contributed by atoms with Crippen molar-refractivity contribution in [3.8, 4) is 0 Å². The summed E-state index contributed by atoms with van der Waals surface area (Å²) in [6.07, 6.45) is 2.32. The molecule has 0 aliphatic heterocycles. The molecular formula is C13H24N2O3. The minimum Gasteiger partial charge on any atom is -0.481 e. The summed E-state index contributed by atoms with van der Waals surface area (Å²) in [5.74, 6) is -0.289. The lowest BCUT2D eigenvalue weighted by molar-refractivity contribution is -0.137. The molecule has 2 amide bonds. The number of hydrogen-bond acceptors (Lipinski definition) is 2. The molecule has 5 heteroatoms. The Morgan fingerprint density at radius 2 is 1.94 bits per heavy atom. The monoisotopic (exact) mass is 256 g/mol. The lowest BCUT2D eigenvalue weighted by atomic mass is 10.1. The van der Waals surface area contributed by atoms with Gasteiger partial charge in [-0.1, -0.05) is 0 Å². The quantitative estimate of drug-likeness (QED) is 0.791. The summed E-state index contributed by atoms with van der Waals surface area (Å²) in [7, 11) is 0. The van der Waals surface area contributed by atoms with E-state index in [-0.39, 0.29) is 30.6 Å². The smallest absolute Gasteiger partial charge is 0.318 e. The number of carbonyl (C=O) groups is 2. The standard InChI is InChI=1S/C13H24N2O3/c1-9(10-5-6-10)14-12(18)15(13(2,3)4)8-7-11(16)17/h9-10H,5-8H2,1-4H3,(H,14,18)(H,16,17). The van der Waals surface area contributed by atoms with Gasteiger partial charge >= 0.3 is 12.0 Å². The van der Waals surface area contributed by atoms with Gasteiger partial charge in [0.1, 0.15) is 0 Å². The van der Waals surface area contributed by atoms with Gasteiger partial charge in [0.05, 0.1) is 6.42 Å². The third-order valence-electron chi connectivity index (χ3n) is 3.28. The molecule has 2 N–H and O–H groups in total. The van der Waals surface area contributed by atoms with Crippen LogP contribution in [0.25, 0.3) is 0 Å². The van der Waals surface area contributed by atoms with Crippen LogP contribution in [0.4, 0.5) is 4.79 Å². The van der Waals surface area contributed by atoms with Crippen LogP contribution in [0.15, 0.2) is 0 Å². The van der Waals surface area contributed by atoms with Gasteiger partial charge in [0.25, 0.3) is 0 Å². The highest BCUT2D eigenvalue weighted by Gasteiger charge is 2.32. The molecule has 104 valence electrons. The fourth-order valence-electron chi connectivity index (χ4n) is 1.94. The van der Waals surface area contributed by atoms with E-state index >= 15 is 0 Å². The predicted octanol–water partition coefficient (Wildman–Crippen LogP) is 2.07. The van der Waals surface area contributed by atoms with Crippen molar-refractivity contribution in [3.63, 3.8) is 0 Å². The Balaban J connectivity index is 2.57. The van der Waals surface area contributed by atoms with Crippen molar-refractivity contribution in [3.05, 3.63) is 0 Å². The van der Waals surface area contributed by atoms with E-state index in [9.17, 15) is 9.59 Å². The summed E-state index contributed by atoms with van der Waals surface area (Å²) in [6.45, 7) is 7.98. The number of rotatable bonds is 5. The first kappa shape index (κ1) is 14.8. The third kappa shape index (κ3) is 4.55. The van der Waals surface area contributed by atoms with Gasteiger partial charge in [0, 0.05) is 18.1 Å². The minimum absolute atomic E-state index is 0.0253. The zero-order valence-corrected chi connectivity index (χ0v) is 11.7. The van der Waals surface area contributed by atoms with Crippen LogP contribution in [0.3, 0.4) is 0 Å². The van der Waals surface area contributed by atoms with Crippen LogP contribution in [-0.2, 0) is 4.79 Å². The molecule has 5 nitrogen and oxygen atoms in total. The number of urea groups is 1. The molecule has 0 spiro atoms. The number of hydrogen-bond donors (Lipinski definition) is 2. The molecule has 1 aliphatic rings. The molecular weight excluding hydrogens is 232 g/mol. The summed E-state index contributed by atoms with van der Waals surface area (Å²) < 4.78 is 0. The summed E-state index contributed by atoms with van der Waals surface area (Å²) in [5, 5.41) is 11.7. The second kappa shape index (κ2) is 5.59. The normalized spacial score (nSPS) is 17.1. The summed E-state index contributed by atoms with van der Waals surface area (Å²) in [6, 6.07) is 0.00956. The first-order valence-corrected chi connectivity index (χ1v) is 6.51. The number of nitrogens with zero attached hydrogens (tertiary/aromatic N) is 1. The van der Waals surface area contributed by atoms with Crippen LogP contribution in [-0.4, -0.2) is 40.1 Å². The van der Waals surface area contributed by atoms with Crippen molar-refractivity contribution >= 4 is 12.0 Å². The first-order chi connectivity index (χ1) is 8.21. The Bertz CT molecular complexity index is 319. The SMILES string of the molecule is CC(NC(=O)N(CCC(=O)O)C(C)(C)C)C1CC1. The van der Waals surface area contributed by atoms with Crippen molar-refractivity contribution in [2.24, 2.45) is 5.92 Å². The first-order valence-electron chi connectivity index (χ1n) is 6.51. The molecule has 1 saturated carbocycles. The van der Waals surface area contributed by atoms with Gasteiger partial charge in [-0.15, -0.1) is 0 Å². The molecule has 18 heavy (non-hydrogen) atoms. The average Bonchev–Trinajstić information content (AvgIpc) is 2.97.